The van der Waals surface area contributed by atoms with Crippen LogP contribution in [0.25, 0.3) is 17.1 Å². The molecule has 6 rings (SSSR count). The average Bonchev–Trinajstić information content (AvgIpc) is 2.94. The highest BCUT2D eigenvalue weighted by atomic mass is 32.1. The maximum atomic E-state index is 14.3. The molecule has 174 valence electrons. The fraction of sp³-hybridized carbons (Fsp3) is 0.0323. The minimum absolute atomic E-state index is 0.127. The van der Waals surface area contributed by atoms with Crippen LogP contribution in [0.1, 0.15) is 22.6 Å². The second-order valence-electron chi connectivity index (χ2n) is 8.65. The van der Waals surface area contributed by atoms with Crippen molar-refractivity contribution in [3.8, 4) is 11.4 Å². The Bertz CT molecular complexity index is 1670. The summed E-state index contributed by atoms with van der Waals surface area (Å²) < 4.78 is 4.02. The molecule has 1 N–H and O–H groups in total. The van der Waals surface area contributed by atoms with Gasteiger partial charge in [0.1, 0.15) is 5.82 Å². The molecular formula is C31H23N3OS. The molecule has 4 aromatic carbocycles. The van der Waals surface area contributed by atoms with Crippen molar-refractivity contribution in [3.63, 3.8) is 0 Å². The molecule has 0 radical (unpaired) electrons. The first kappa shape index (κ1) is 22.0. The first-order chi connectivity index (χ1) is 17.7. The number of rotatable bonds is 4. The van der Waals surface area contributed by atoms with Gasteiger partial charge in [-0.2, -0.15) is 0 Å². The molecule has 0 saturated heterocycles. The van der Waals surface area contributed by atoms with Crippen LogP contribution in [0.2, 0.25) is 0 Å². The normalized spacial score (nSPS) is 14.4. The van der Waals surface area contributed by atoms with Crippen LogP contribution < -0.4 is 10.9 Å². The number of fused-ring (bicyclic) bond motifs is 1. The lowest BCUT2D eigenvalue weighted by molar-refractivity contribution is 0.799. The standard InChI is InChI=1S/C31H23N3OS/c35-30-28-26(22-13-5-1-6-14-22)21-27(23-15-7-2-8-16-23)32-29(28)33(24-17-9-3-10-18-24)31(36)34(30)25-19-11-4-12-20-25/h1-21,26,32H. The molecule has 1 aliphatic rings. The van der Waals surface area contributed by atoms with E-state index in [9.17, 15) is 4.79 Å². The highest BCUT2D eigenvalue weighted by Gasteiger charge is 2.30. The fourth-order valence-electron chi connectivity index (χ4n) is 4.78. The van der Waals surface area contributed by atoms with E-state index in [2.05, 4.69) is 35.7 Å². The largest absolute Gasteiger partial charge is 0.341 e. The van der Waals surface area contributed by atoms with E-state index in [4.69, 9.17) is 12.2 Å². The summed E-state index contributed by atoms with van der Waals surface area (Å²) in [6, 6.07) is 39.9. The average molecular weight is 486 g/mol. The van der Waals surface area contributed by atoms with Crippen molar-refractivity contribution in [1.82, 2.24) is 9.13 Å². The summed E-state index contributed by atoms with van der Waals surface area (Å²) in [4.78, 5) is 14.3. The monoisotopic (exact) mass is 485 g/mol. The molecule has 0 saturated carbocycles. The number of hydrogen-bond acceptors (Lipinski definition) is 3. The smallest absolute Gasteiger partial charge is 0.265 e. The van der Waals surface area contributed by atoms with Gasteiger partial charge in [0, 0.05) is 17.3 Å². The molecule has 5 heteroatoms. The molecule has 0 spiro atoms. The first-order valence-electron chi connectivity index (χ1n) is 11.8. The summed E-state index contributed by atoms with van der Waals surface area (Å²) in [6.07, 6.45) is 2.14. The van der Waals surface area contributed by atoms with E-state index in [0.29, 0.717) is 16.2 Å². The van der Waals surface area contributed by atoms with Crippen LogP contribution in [-0.4, -0.2) is 9.13 Å². The Morgan fingerprint density at radius 3 is 1.72 bits per heavy atom. The summed E-state index contributed by atoms with van der Waals surface area (Å²) in [7, 11) is 0. The second kappa shape index (κ2) is 9.29. The molecule has 0 fully saturated rings. The summed E-state index contributed by atoms with van der Waals surface area (Å²) in [5.74, 6) is 0.435. The predicted molar refractivity (Wildman–Crippen MR) is 149 cm³/mol. The van der Waals surface area contributed by atoms with Gasteiger partial charge >= 0.3 is 0 Å². The van der Waals surface area contributed by atoms with Crippen molar-refractivity contribution in [3.05, 3.63) is 159 Å². The van der Waals surface area contributed by atoms with Gasteiger partial charge in [0.15, 0.2) is 4.77 Å². The number of aromatic nitrogens is 2. The Balaban J connectivity index is 1.72. The Kier molecular flexibility index (Phi) is 5.68. The minimum Gasteiger partial charge on any atom is -0.341 e. The Labute approximate surface area is 214 Å². The summed E-state index contributed by atoms with van der Waals surface area (Å²) in [5.41, 5.74) is 5.18. The summed E-state index contributed by atoms with van der Waals surface area (Å²) in [6.45, 7) is 0. The van der Waals surface area contributed by atoms with Crippen LogP contribution in [0.3, 0.4) is 0 Å². The zero-order valence-electron chi connectivity index (χ0n) is 19.4. The van der Waals surface area contributed by atoms with Gasteiger partial charge in [0.25, 0.3) is 5.56 Å². The zero-order chi connectivity index (χ0) is 24.5. The number of anilines is 1. The minimum atomic E-state index is -0.259. The van der Waals surface area contributed by atoms with Gasteiger partial charge in [-0.15, -0.1) is 0 Å². The van der Waals surface area contributed by atoms with Crippen LogP contribution >= 0.6 is 12.2 Å². The van der Waals surface area contributed by atoms with Crippen molar-refractivity contribution in [2.75, 3.05) is 5.32 Å². The van der Waals surface area contributed by atoms with Crippen LogP contribution in [0.15, 0.2) is 132 Å². The highest BCUT2D eigenvalue weighted by molar-refractivity contribution is 7.71. The van der Waals surface area contributed by atoms with Gasteiger partial charge in [-0.1, -0.05) is 97.1 Å². The van der Waals surface area contributed by atoms with Crippen molar-refractivity contribution in [2.45, 2.75) is 5.92 Å². The number of allylic oxidation sites excluding steroid dienone is 1. The summed E-state index contributed by atoms with van der Waals surface area (Å²) in [5, 5.41) is 3.58. The predicted octanol–water partition coefficient (Wildman–Crippen LogP) is 6.96. The van der Waals surface area contributed by atoms with Crippen molar-refractivity contribution >= 4 is 23.7 Å². The third kappa shape index (κ3) is 3.80. The molecule has 5 aromatic rings. The zero-order valence-corrected chi connectivity index (χ0v) is 20.2. The SMILES string of the molecule is O=c1c2c(n(-c3ccccc3)c(=S)n1-c1ccccc1)NC(c1ccccc1)=CC2c1ccccc1. The third-order valence-electron chi connectivity index (χ3n) is 6.46. The number of benzene rings is 4. The van der Waals surface area contributed by atoms with Crippen LogP contribution in [0.5, 0.6) is 0 Å². The van der Waals surface area contributed by atoms with Crippen LogP contribution in [0, 0.1) is 4.77 Å². The van der Waals surface area contributed by atoms with Crippen molar-refractivity contribution in [1.29, 1.82) is 0 Å². The molecule has 1 unspecified atom stereocenters. The Morgan fingerprint density at radius 1 is 0.639 bits per heavy atom. The van der Waals surface area contributed by atoms with Crippen molar-refractivity contribution in [2.24, 2.45) is 0 Å². The maximum absolute atomic E-state index is 14.3. The van der Waals surface area contributed by atoms with E-state index in [1.54, 1.807) is 4.57 Å². The Morgan fingerprint density at radius 2 is 1.14 bits per heavy atom. The molecule has 1 aliphatic heterocycles. The van der Waals surface area contributed by atoms with Crippen molar-refractivity contribution < 1.29 is 0 Å². The molecule has 2 heterocycles. The lowest BCUT2D eigenvalue weighted by Gasteiger charge is -2.30. The van der Waals surface area contributed by atoms with E-state index in [-0.39, 0.29) is 11.5 Å². The molecule has 0 amide bonds. The quantitative estimate of drug-likeness (QED) is 0.280. The molecular weight excluding hydrogens is 462 g/mol. The molecule has 0 bridgehead atoms. The van der Waals surface area contributed by atoms with E-state index < -0.39 is 0 Å². The highest BCUT2D eigenvalue weighted by Crippen LogP contribution is 2.39. The van der Waals surface area contributed by atoms with Crippen LogP contribution in [0.4, 0.5) is 5.82 Å². The topological polar surface area (TPSA) is 39.0 Å². The molecule has 4 nitrogen and oxygen atoms in total. The third-order valence-corrected chi connectivity index (χ3v) is 6.83. The molecule has 1 aromatic heterocycles. The van der Waals surface area contributed by atoms with Gasteiger partial charge in [-0.3, -0.25) is 13.9 Å². The summed E-state index contributed by atoms with van der Waals surface area (Å²) >= 11 is 6.01. The second-order valence-corrected chi connectivity index (χ2v) is 9.02. The number of nitrogens with one attached hydrogen (secondary N) is 1. The number of hydrogen-bond donors (Lipinski definition) is 1. The number of para-hydroxylation sites is 2. The first-order valence-corrected chi connectivity index (χ1v) is 12.3. The van der Waals surface area contributed by atoms with Gasteiger partial charge in [-0.25, -0.2) is 0 Å². The van der Waals surface area contributed by atoms with Crippen LogP contribution in [-0.2, 0) is 0 Å². The van der Waals surface area contributed by atoms with E-state index in [0.717, 1.165) is 28.2 Å². The van der Waals surface area contributed by atoms with E-state index >= 15 is 0 Å². The van der Waals surface area contributed by atoms with Gasteiger partial charge in [0.05, 0.1) is 11.3 Å². The molecule has 36 heavy (non-hydrogen) atoms. The fourth-order valence-corrected chi connectivity index (χ4v) is 5.16. The van der Waals surface area contributed by atoms with E-state index in [1.165, 1.54) is 0 Å². The maximum Gasteiger partial charge on any atom is 0.265 e. The Hall–Kier alpha value is -4.48. The lowest BCUT2D eigenvalue weighted by atomic mass is 9.87. The lowest BCUT2D eigenvalue weighted by Crippen LogP contribution is -2.33. The van der Waals surface area contributed by atoms with Gasteiger partial charge in [-0.05, 0) is 53.7 Å². The van der Waals surface area contributed by atoms with Gasteiger partial charge in [0.2, 0.25) is 0 Å². The number of nitrogens with zero attached hydrogens (tertiary/aromatic N) is 2. The van der Waals surface area contributed by atoms with Gasteiger partial charge < -0.3 is 5.32 Å². The molecule has 1 atom stereocenters. The molecule has 0 aliphatic carbocycles. The van der Waals surface area contributed by atoms with E-state index in [1.807, 2.05) is 102 Å².